The lowest BCUT2D eigenvalue weighted by Gasteiger charge is -2.27. The number of hydrogen-bond acceptors (Lipinski definition) is 5. The van der Waals surface area contributed by atoms with Crippen molar-refractivity contribution in [2.75, 3.05) is 19.7 Å². The fraction of sp³-hybridized carbons (Fsp3) is 0.818. The zero-order valence-electron chi connectivity index (χ0n) is 11.0. The molecule has 0 saturated heterocycles. The van der Waals surface area contributed by atoms with Crippen molar-refractivity contribution in [3.63, 3.8) is 0 Å². The van der Waals surface area contributed by atoms with E-state index in [1.165, 1.54) is 4.31 Å². The van der Waals surface area contributed by atoms with Crippen molar-refractivity contribution in [3.8, 4) is 0 Å². The second-order valence-electron chi connectivity index (χ2n) is 4.70. The molecule has 0 radical (unpaired) electrons. The molecule has 0 aromatic rings. The molecular weight excluding hydrogens is 256 g/mol. The van der Waals surface area contributed by atoms with Gasteiger partial charge in [-0.25, -0.2) is 0 Å². The number of hydrogen-bond donors (Lipinski definition) is 4. The molecule has 2 amide bonds. The third kappa shape index (κ3) is 5.24. The van der Waals surface area contributed by atoms with Crippen LogP contribution in [0.3, 0.4) is 0 Å². The number of thiol groups is 1. The molecule has 0 aromatic heterocycles. The van der Waals surface area contributed by atoms with Crippen LogP contribution in [0.25, 0.3) is 0 Å². The average Bonchev–Trinajstić information content (AvgIpc) is 2.36. The summed E-state index contributed by atoms with van der Waals surface area (Å²) < 4.78 is 1.25. The minimum atomic E-state index is -1.31. The number of rotatable bonds is 7. The largest absolute Gasteiger partial charge is 0.396 e. The quantitative estimate of drug-likeness (QED) is 0.476. The van der Waals surface area contributed by atoms with Crippen molar-refractivity contribution in [3.05, 3.63) is 0 Å². The van der Waals surface area contributed by atoms with Crippen molar-refractivity contribution in [2.24, 2.45) is 5.41 Å². The molecule has 0 aliphatic heterocycles. The van der Waals surface area contributed by atoms with Crippen LogP contribution in [0.4, 0.5) is 0 Å². The molecule has 0 heterocycles. The van der Waals surface area contributed by atoms with E-state index in [4.69, 9.17) is 5.11 Å². The van der Waals surface area contributed by atoms with Gasteiger partial charge in [0, 0.05) is 24.9 Å². The minimum Gasteiger partial charge on any atom is -0.396 e. The van der Waals surface area contributed by atoms with Gasteiger partial charge < -0.3 is 15.5 Å². The van der Waals surface area contributed by atoms with Crippen LogP contribution in [0.15, 0.2) is 0 Å². The summed E-state index contributed by atoms with van der Waals surface area (Å²) >= 11 is 3.94. The van der Waals surface area contributed by atoms with E-state index >= 15 is 0 Å². The second kappa shape index (κ2) is 7.60. The Morgan fingerprint density at radius 2 is 2.00 bits per heavy atom. The third-order valence-corrected chi connectivity index (χ3v) is 3.13. The Bertz CT molecular complexity index is 297. The Labute approximate surface area is 113 Å². The lowest BCUT2D eigenvalue weighted by molar-refractivity contribution is -0.137. The van der Waals surface area contributed by atoms with Gasteiger partial charge in [0.05, 0.1) is 6.61 Å². The summed E-state index contributed by atoms with van der Waals surface area (Å²) in [6.07, 6.45) is -1.19. The normalized spacial score (nSPS) is 13.0. The summed E-state index contributed by atoms with van der Waals surface area (Å²) in [4.78, 5) is 22.9. The van der Waals surface area contributed by atoms with Crippen LogP contribution in [0.5, 0.6) is 0 Å². The van der Waals surface area contributed by atoms with Crippen LogP contribution in [0.1, 0.15) is 27.2 Å². The van der Waals surface area contributed by atoms with E-state index in [9.17, 15) is 14.7 Å². The Morgan fingerprint density at radius 1 is 1.44 bits per heavy atom. The van der Waals surface area contributed by atoms with Crippen molar-refractivity contribution in [2.45, 2.75) is 33.3 Å². The summed E-state index contributed by atoms with van der Waals surface area (Å²) in [7, 11) is 0. The SMILES string of the molecule is CCN(S)C(=O)CCNC(=O)C(O)C(C)(C)CO. The van der Waals surface area contributed by atoms with E-state index < -0.39 is 17.4 Å². The van der Waals surface area contributed by atoms with Crippen LogP contribution in [0, 0.1) is 5.41 Å². The first-order chi connectivity index (χ1) is 8.26. The first kappa shape index (κ1) is 17.2. The van der Waals surface area contributed by atoms with E-state index in [0.29, 0.717) is 6.54 Å². The van der Waals surface area contributed by atoms with Gasteiger partial charge in [0.25, 0.3) is 0 Å². The number of amides is 2. The zero-order chi connectivity index (χ0) is 14.3. The molecule has 18 heavy (non-hydrogen) atoms. The number of aliphatic hydroxyl groups is 2. The number of aliphatic hydroxyl groups excluding tert-OH is 2. The highest BCUT2D eigenvalue weighted by molar-refractivity contribution is 7.78. The van der Waals surface area contributed by atoms with Gasteiger partial charge in [-0.15, -0.1) is 0 Å². The number of nitrogens with zero attached hydrogens (tertiary/aromatic N) is 1. The van der Waals surface area contributed by atoms with Crippen molar-refractivity contribution < 1.29 is 19.8 Å². The van der Waals surface area contributed by atoms with Crippen LogP contribution < -0.4 is 5.32 Å². The second-order valence-corrected chi connectivity index (χ2v) is 5.18. The van der Waals surface area contributed by atoms with E-state index in [0.717, 1.165) is 0 Å². The first-order valence-electron chi connectivity index (χ1n) is 5.82. The minimum absolute atomic E-state index is 0.120. The third-order valence-electron chi connectivity index (χ3n) is 2.62. The van der Waals surface area contributed by atoms with Gasteiger partial charge in [-0.3, -0.25) is 13.9 Å². The molecular formula is C11H22N2O4S. The Hall–Kier alpha value is -0.790. The van der Waals surface area contributed by atoms with Gasteiger partial charge in [-0.1, -0.05) is 26.7 Å². The molecule has 106 valence electrons. The highest BCUT2D eigenvalue weighted by Crippen LogP contribution is 2.19. The zero-order valence-corrected chi connectivity index (χ0v) is 11.9. The summed E-state index contributed by atoms with van der Waals surface area (Å²) in [5.74, 6) is -0.791. The predicted molar refractivity (Wildman–Crippen MR) is 70.9 cm³/mol. The highest BCUT2D eigenvalue weighted by atomic mass is 32.1. The smallest absolute Gasteiger partial charge is 0.249 e. The van der Waals surface area contributed by atoms with Gasteiger partial charge in [0.15, 0.2) is 0 Å². The van der Waals surface area contributed by atoms with Crippen molar-refractivity contribution in [1.82, 2.24) is 9.62 Å². The predicted octanol–water partition coefficient (Wildman–Crippen LogP) is -0.435. The molecule has 0 fully saturated rings. The molecule has 7 heteroatoms. The molecule has 1 unspecified atom stereocenters. The van der Waals surface area contributed by atoms with E-state index in [2.05, 4.69) is 18.1 Å². The van der Waals surface area contributed by atoms with Gasteiger partial charge in [0.2, 0.25) is 11.8 Å². The standard InChI is InChI=1S/C11H22N2O4S/c1-4-13(18)8(15)5-6-12-10(17)9(16)11(2,3)7-14/h9,14,16,18H,4-7H2,1-3H3,(H,12,17). The maximum absolute atomic E-state index is 11.6. The molecule has 0 aliphatic rings. The summed E-state index contributed by atoms with van der Waals surface area (Å²) in [6.45, 7) is 5.25. The van der Waals surface area contributed by atoms with Gasteiger partial charge in [0.1, 0.15) is 6.10 Å². The number of carbonyl (C=O) groups is 2. The Balaban J connectivity index is 4.09. The fourth-order valence-electron chi connectivity index (χ4n) is 1.14. The topological polar surface area (TPSA) is 89.9 Å². The maximum atomic E-state index is 11.6. The van der Waals surface area contributed by atoms with Gasteiger partial charge in [-0.2, -0.15) is 0 Å². The van der Waals surface area contributed by atoms with Crippen molar-refractivity contribution in [1.29, 1.82) is 0 Å². The highest BCUT2D eigenvalue weighted by Gasteiger charge is 2.32. The van der Waals surface area contributed by atoms with E-state index in [1.54, 1.807) is 20.8 Å². The van der Waals surface area contributed by atoms with Crippen LogP contribution in [0.2, 0.25) is 0 Å². The fourth-order valence-corrected chi connectivity index (χ4v) is 1.24. The maximum Gasteiger partial charge on any atom is 0.249 e. The average molecular weight is 278 g/mol. The lowest BCUT2D eigenvalue weighted by atomic mass is 9.87. The van der Waals surface area contributed by atoms with Crippen molar-refractivity contribution >= 4 is 24.6 Å². The molecule has 0 aromatic carbocycles. The Kier molecular flexibility index (Phi) is 7.27. The Morgan fingerprint density at radius 3 is 2.44 bits per heavy atom. The van der Waals surface area contributed by atoms with Crippen LogP contribution in [-0.2, 0) is 9.59 Å². The molecule has 0 aliphatic carbocycles. The molecule has 0 saturated carbocycles. The molecule has 0 rings (SSSR count). The molecule has 6 nitrogen and oxygen atoms in total. The van der Waals surface area contributed by atoms with Gasteiger partial charge >= 0.3 is 0 Å². The van der Waals surface area contributed by atoms with E-state index in [1.807, 2.05) is 0 Å². The molecule has 1 atom stereocenters. The summed E-state index contributed by atoms with van der Waals surface area (Å²) in [6, 6.07) is 0. The van der Waals surface area contributed by atoms with Crippen LogP contribution >= 0.6 is 12.8 Å². The number of nitrogens with one attached hydrogen (secondary N) is 1. The first-order valence-corrected chi connectivity index (χ1v) is 6.22. The monoisotopic (exact) mass is 278 g/mol. The van der Waals surface area contributed by atoms with E-state index in [-0.39, 0.29) is 25.5 Å². The number of carbonyl (C=O) groups excluding carboxylic acids is 2. The summed E-state index contributed by atoms with van der Waals surface area (Å²) in [5.41, 5.74) is -0.910. The van der Waals surface area contributed by atoms with Crippen LogP contribution in [-0.4, -0.2) is 52.1 Å². The molecule has 0 bridgehead atoms. The summed E-state index contributed by atoms with van der Waals surface area (Å²) in [5, 5.41) is 21.2. The molecule has 3 N–H and O–H groups in total. The van der Waals surface area contributed by atoms with Gasteiger partial charge in [-0.05, 0) is 6.92 Å². The molecule has 0 spiro atoms. The lowest BCUT2D eigenvalue weighted by Crippen LogP contribution is -2.46.